The van der Waals surface area contributed by atoms with E-state index in [4.69, 9.17) is 6.57 Å². The van der Waals surface area contributed by atoms with E-state index in [-0.39, 0.29) is 45.9 Å². The van der Waals surface area contributed by atoms with Gasteiger partial charge in [0.2, 0.25) is 5.70 Å². The van der Waals surface area contributed by atoms with Gasteiger partial charge in [-0.1, -0.05) is 54.0 Å². The Labute approximate surface area is 218 Å². The minimum atomic E-state index is -0.480. The van der Waals surface area contributed by atoms with Gasteiger partial charge < -0.3 is 10.2 Å². The van der Waals surface area contributed by atoms with E-state index in [1.165, 1.54) is 12.0 Å². The molecule has 0 spiro atoms. The first-order chi connectivity index (χ1) is 16.7. The SMILES string of the molecule is [C-]#[N+]C1=C(O)C(C)(C)[C@@H]2CC[C@]3(C)C(=CC(=O)[C@@H]4[C@@H]5[C@@H](C)[C@H](C)CC[C@]5(CCO)CC[C@]43C)[C@@]2(C)C1. The van der Waals surface area contributed by atoms with E-state index in [0.29, 0.717) is 35.7 Å². The molecule has 5 rings (SSSR count). The highest BCUT2D eigenvalue weighted by molar-refractivity contribution is 5.95. The molecular formula is C32H47NO3. The van der Waals surface area contributed by atoms with Gasteiger partial charge in [-0.15, -0.1) is 0 Å². The summed E-state index contributed by atoms with van der Waals surface area (Å²) in [7, 11) is 0. The van der Waals surface area contributed by atoms with Gasteiger partial charge in [-0.05, 0) is 103 Å². The first-order valence-corrected chi connectivity index (χ1v) is 14.4. The van der Waals surface area contributed by atoms with Crippen LogP contribution < -0.4 is 0 Å². The van der Waals surface area contributed by atoms with Gasteiger partial charge >= 0.3 is 0 Å². The monoisotopic (exact) mass is 493 g/mol. The standard InChI is InChI=1S/C32H47NO3/c1-19-9-12-32(15-16-34)14-13-31(7)26(25(32)20(19)2)22(35)17-24-29(5)18-21(33-8)27(36)28(3,4)23(29)10-11-30(24,31)6/h17,19-20,23,25-26,34,36H,9-16,18H2,1-7H3/t19-,20+,23+,25+,26-,29+,30-,31-,32-/m1/s1. The van der Waals surface area contributed by atoms with Gasteiger partial charge in [0.05, 0.1) is 6.57 Å². The average molecular weight is 494 g/mol. The van der Waals surface area contributed by atoms with E-state index in [1.54, 1.807) is 0 Å². The zero-order valence-corrected chi connectivity index (χ0v) is 23.6. The second kappa shape index (κ2) is 7.95. The molecule has 2 N–H and O–H groups in total. The average Bonchev–Trinajstić information content (AvgIpc) is 2.81. The van der Waals surface area contributed by atoms with Crippen molar-refractivity contribution in [1.29, 1.82) is 0 Å². The number of aliphatic hydroxyl groups is 2. The van der Waals surface area contributed by atoms with Crippen LogP contribution in [-0.2, 0) is 4.79 Å². The summed E-state index contributed by atoms with van der Waals surface area (Å²) in [5, 5.41) is 21.1. The molecule has 5 aliphatic rings. The highest BCUT2D eigenvalue weighted by Crippen LogP contribution is 2.75. The zero-order chi connectivity index (χ0) is 26.5. The minimum absolute atomic E-state index is 0.00895. The number of hydrogen-bond acceptors (Lipinski definition) is 3. The third-order valence-corrected chi connectivity index (χ3v) is 13.3. The first-order valence-electron chi connectivity index (χ1n) is 14.4. The van der Waals surface area contributed by atoms with Crippen LogP contribution >= 0.6 is 0 Å². The molecular weight excluding hydrogens is 446 g/mol. The molecule has 0 unspecified atom stereocenters. The van der Waals surface area contributed by atoms with Gasteiger partial charge in [-0.3, -0.25) is 4.79 Å². The largest absolute Gasteiger partial charge is 0.523 e. The number of ketones is 1. The summed E-state index contributed by atoms with van der Waals surface area (Å²) in [6, 6.07) is 0. The highest BCUT2D eigenvalue weighted by atomic mass is 16.3. The lowest BCUT2D eigenvalue weighted by Gasteiger charge is -2.70. The van der Waals surface area contributed by atoms with Crippen molar-refractivity contribution >= 4 is 5.78 Å². The molecule has 0 aromatic heterocycles. The van der Waals surface area contributed by atoms with Crippen LogP contribution in [0.15, 0.2) is 23.1 Å². The number of aliphatic hydroxyl groups excluding tert-OH is 2. The van der Waals surface area contributed by atoms with Crippen molar-refractivity contribution in [2.75, 3.05) is 6.61 Å². The summed E-state index contributed by atoms with van der Waals surface area (Å²) in [6.45, 7) is 24.0. The van der Waals surface area contributed by atoms with E-state index in [2.05, 4.69) is 53.3 Å². The van der Waals surface area contributed by atoms with Gasteiger partial charge in [0.15, 0.2) is 5.78 Å². The van der Waals surface area contributed by atoms with Crippen molar-refractivity contribution in [2.45, 2.75) is 99.8 Å². The molecule has 0 heterocycles. The topological polar surface area (TPSA) is 61.9 Å². The Hall–Kier alpha value is -1.60. The molecule has 4 heteroatoms. The first kappa shape index (κ1) is 26.0. The van der Waals surface area contributed by atoms with E-state index in [1.807, 2.05) is 6.08 Å². The summed E-state index contributed by atoms with van der Waals surface area (Å²) in [6.07, 6.45) is 9.84. The van der Waals surface area contributed by atoms with E-state index in [0.717, 1.165) is 38.5 Å². The van der Waals surface area contributed by atoms with Crippen LogP contribution in [0.2, 0.25) is 0 Å². The van der Waals surface area contributed by atoms with Crippen LogP contribution in [0.3, 0.4) is 0 Å². The van der Waals surface area contributed by atoms with Gasteiger partial charge in [0.1, 0.15) is 5.76 Å². The third kappa shape index (κ3) is 2.99. The maximum atomic E-state index is 14.4. The molecule has 3 saturated carbocycles. The molecule has 198 valence electrons. The van der Waals surface area contributed by atoms with E-state index in [9.17, 15) is 15.0 Å². The van der Waals surface area contributed by atoms with Crippen molar-refractivity contribution in [1.82, 2.24) is 0 Å². The number of rotatable bonds is 2. The summed E-state index contributed by atoms with van der Waals surface area (Å²) >= 11 is 0. The smallest absolute Gasteiger partial charge is 0.203 e. The van der Waals surface area contributed by atoms with Crippen LogP contribution in [-0.4, -0.2) is 22.6 Å². The van der Waals surface area contributed by atoms with Crippen molar-refractivity contribution in [2.24, 2.45) is 56.7 Å². The Bertz CT molecular complexity index is 1080. The normalized spacial score (nSPS) is 49.7. The van der Waals surface area contributed by atoms with Gasteiger partial charge in [0.25, 0.3) is 0 Å². The number of carbonyl (C=O) groups excluding carboxylic acids is 1. The van der Waals surface area contributed by atoms with Crippen LogP contribution in [0.5, 0.6) is 0 Å². The highest BCUT2D eigenvalue weighted by Gasteiger charge is 2.70. The van der Waals surface area contributed by atoms with E-state index < -0.39 is 5.41 Å². The molecule has 3 fully saturated rings. The zero-order valence-electron chi connectivity index (χ0n) is 23.6. The van der Waals surface area contributed by atoms with Crippen LogP contribution in [0.1, 0.15) is 99.8 Å². The molecule has 0 aliphatic heterocycles. The second-order valence-electron chi connectivity index (χ2n) is 14.7. The molecule has 5 aliphatic carbocycles. The maximum Gasteiger partial charge on any atom is 0.203 e. The van der Waals surface area contributed by atoms with Crippen molar-refractivity contribution in [3.8, 4) is 0 Å². The molecule has 0 aromatic rings. The summed E-state index contributed by atoms with van der Waals surface area (Å²) in [4.78, 5) is 18.2. The summed E-state index contributed by atoms with van der Waals surface area (Å²) in [5.41, 5.74) is 0.763. The number of allylic oxidation sites excluding steroid dienone is 4. The van der Waals surface area contributed by atoms with Crippen molar-refractivity contribution < 1.29 is 15.0 Å². The van der Waals surface area contributed by atoms with Gasteiger partial charge in [-0.2, -0.15) is 0 Å². The van der Waals surface area contributed by atoms with Gasteiger partial charge in [0, 0.05) is 17.9 Å². The molecule has 36 heavy (non-hydrogen) atoms. The Morgan fingerprint density at radius 3 is 2.39 bits per heavy atom. The fourth-order valence-electron chi connectivity index (χ4n) is 10.9. The lowest BCUT2D eigenvalue weighted by Crippen LogP contribution is -2.65. The predicted octanol–water partition coefficient (Wildman–Crippen LogP) is 7.50. The minimum Gasteiger partial charge on any atom is -0.523 e. The fraction of sp³-hybridized carbons (Fsp3) is 0.812. The predicted molar refractivity (Wildman–Crippen MR) is 143 cm³/mol. The van der Waals surface area contributed by atoms with Crippen LogP contribution in [0.25, 0.3) is 4.85 Å². The Morgan fingerprint density at radius 1 is 1.06 bits per heavy atom. The molecule has 0 saturated heterocycles. The summed E-state index contributed by atoms with van der Waals surface area (Å²) in [5.74, 6) is 2.11. The third-order valence-electron chi connectivity index (χ3n) is 13.3. The number of carbonyl (C=O) groups is 1. The Balaban J connectivity index is 1.68. The lowest BCUT2D eigenvalue weighted by atomic mass is 9.33. The van der Waals surface area contributed by atoms with Crippen LogP contribution in [0.4, 0.5) is 0 Å². The van der Waals surface area contributed by atoms with Crippen LogP contribution in [0, 0.1) is 63.2 Å². The molecule has 4 nitrogen and oxygen atoms in total. The molecule has 0 amide bonds. The second-order valence-corrected chi connectivity index (χ2v) is 14.7. The number of hydrogen-bond donors (Lipinski definition) is 2. The molecule has 9 atom stereocenters. The van der Waals surface area contributed by atoms with E-state index >= 15 is 0 Å². The van der Waals surface area contributed by atoms with Crippen molar-refractivity contribution in [3.63, 3.8) is 0 Å². The molecule has 0 aromatic carbocycles. The number of nitrogens with zero attached hydrogens (tertiary/aromatic N) is 1. The number of fused-ring (bicyclic) bond motifs is 7. The quantitative estimate of drug-likeness (QED) is 0.391. The molecule has 0 bridgehead atoms. The summed E-state index contributed by atoms with van der Waals surface area (Å²) < 4.78 is 0. The maximum absolute atomic E-state index is 14.4. The van der Waals surface area contributed by atoms with Crippen molar-refractivity contribution in [3.05, 3.63) is 34.5 Å². The molecule has 0 radical (unpaired) electrons. The lowest BCUT2D eigenvalue weighted by molar-refractivity contribution is -0.181. The van der Waals surface area contributed by atoms with Gasteiger partial charge in [-0.25, -0.2) is 4.85 Å². The Kier molecular flexibility index (Phi) is 5.75. The Morgan fingerprint density at radius 2 is 1.75 bits per heavy atom. The fourth-order valence-corrected chi connectivity index (χ4v) is 10.9.